The molecule has 1 saturated heterocycles. The van der Waals surface area contributed by atoms with Crippen LogP contribution in [0, 0.1) is 5.92 Å². The van der Waals surface area contributed by atoms with Crippen molar-refractivity contribution in [1.29, 1.82) is 0 Å². The minimum Gasteiger partial charge on any atom is -0.339 e. The van der Waals surface area contributed by atoms with E-state index in [9.17, 15) is 0 Å². The Morgan fingerprint density at radius 3 is 2.22 bits per heavy atom. The maximum Gasteiger partial charge on any atom is 0.0828 e. The van der Waals surface area contributed by atoms with Crippen LogP contribution < -0.4 is 4.90 Å². The van der Waals surface area contributed by atoms with Gasteiger partial charge in [-0.1, -0.05) is 36.0 Å². The van der Waals surface area contributed by atoms with E-state index in [0.717, 1.165) is 16.9 Å². The minimum atomic E-state index is 0.767. The number of fused-ring (bicyclic) bond motifs is 2. The van der Waals surface area contributed by atoms with Crippen LogP contribution in [0.15, 0.2) is 58.3 Å². The smallest absolute Gasteiger partial charge is 0.0828 e. The van der Waals surface area contributed by atoms with Crippen LogP contribution in [0.2, 0.25) is 0 Å². The van der Waals surface area contributed by atoms with E-state index >= 15 is 0 Å². The van der Waals surface area contributed by atoms with Gasteiger partial charge in [-0.15, -0.1) is 0 Å². The van der Waals surface area contributed by atoms with Gasteiger partial charge in [0.2, 0.25) is 0 Å². The summed E-state index contributed by atoms with van der Waals surface area (Å²) in [7, 11) is 4.75. The number of quaternary nitrogens is 1. The number of anilines is 2. The van der Waals surface area contributed by atoms with Gasteiger partial charge in [0.15, 0.2) is 0 Å². The standard InChI is InChI=1S/C20H25N2S/c1-22(2)13-7-8-16(15-22)14-21-17-9-3-5-11-19(17)23-20-12-6-4-10-18(20)21/h3-6,9-12,16H,7-8,13-15H2,1-2H3/q+1. The summed E-state index contributed by atoms with van der Waals surface area (Å²) >= 11 is 1.90. The Labute approximate surface area is 143 Å². The number of piperidine rings is 1. The largest absolute Gasteiger partial charge is 0.339 e. The Morgan fingerprint density at radius 1 is 1.00 bits per heavy atom. The summed E-state index contributed by atoms with van der Waals surface area (Å²) in [6.07, 6.45) is 2.71. The third kappa shape index (κ3) is 3.00. The van der Waals surface area contributed by atoms with Crippen LogP contribution in [0.1, 0.15) is 12.8 Å². The van der Waals surface area contributed by atoms with E-state index in [2.05, 4.69) is 67.5 Å². The van der Waals surface area contributed by atoms with Gasteiger partial charge in [0.25, 0.3) is 0 Å². The van der Waals surface area contributed by atoms with Crippen LogP contribution in [0.5, 0.6) is 0 Å². The molecule has 0 aromatic heterocycles. The van der Waals surface area contributed by atoms with Gasteiger partial charge in [-0.3, -0.25) is 0 Å². The van der Waals surface area contributed by atoms with Crippen LogP contribution in [-0.2, 0) is 0 Å². The SMILES string of the molecule is C[N+]1(C)CCCC(CN2c3ccccc3Sc3ccccc32)C1. The molecular weight excluding hydrogens is 300 g/mol. The van der Waals surface area contributed by atoms with Crippen LogP contribution in [0.4, 0.5) is 11.4 Å². The van der Waals surface area contributed by atoms with Crippen molar-refractivity contribution in [2.75, 3.05) is 38.6 Å². The average molecular weight is 326 g/mol. The van der Waals surface area contributed by atoms with Crippen molar-refractivity contribution in [3.63, 3.8) is 0 Å². The van der Waals surface area contributed by atoms with Gasteiger partial charge in [-0.05, 0) is 37.1 Å². The van der Waals surface area contributed by atoms with Crippen molar-refractivity contribution >= 4 is 23.1 Å². The maximum atomic E-state index is 2.57. The number of para-hydroxylation sites is 2. The predicted molar refractivity (Wildman–Crippen MR) is 98.6 cm³/mol. The molecule has 0 spiro atoms. The van der Waals surface area contributed by atoms with Crippen LogP contribution in [0.3, 0.4) is 0 Å². The molecule has 2 aromatic rings. The monoisotopic (exact) mass is 325 g/mol. The Kier molecular flexibility index (Phi) is 3.86. The lowest BCUT2D eigenvalue weighted by Gasteiger charge is -2.41. The fraction of sp³-hybridized carbons (Fsp3) is 0.400. The molecule has 0 saturated carbocycles. The molecule has 0 amide bonds. The number of hydrogen-bond acceptors (Lipinski definition) is 2. The van der Waals surface area contributed by atoms with E-state index in [1.165, 1.54) is 47.1 Å². The molecule has 2 aliphatic heterocycles. The zero-order valence-electron chi connectivity index (χ0n) is 14.0. The van der Waals surface area contributed by atoms with Gasteiger partial charge >= 0.3 is 0 Å². The Balaban J connectivity index is 1.67. The number of nitrogens with zero attached hydrogens (tertiary/aromatic N) is 2. The first kappa shape index (κ1) is 15.1. The second-order valence-corrected chi connectivity index (χ2v) is 8.58. The summed E-state index contributed by atoms with van der Waals surface area (Å²) in [6, 6.07) is 17.7. The molecule has 23 heavy (non-hydrogen) atoms. The van der Waals surface area contributed by atoms with Crippen molar-refractivity contribution < 1.29 is 4.48 Å². The summed E-state index contributed by atoms with van der Waals surface area (Å²) in [4.78, 5) is 5.34. The van der Waals surface area contributed by atoms with Crippen molar-refractivity contribution in [3.8, 4) is 0 Å². The Morgan fingerprint density at radius 2 is 1.61 bits per heavy atom. The molecular formula is C20H25N2S+. The molecule has 0 aliphatic carbocycles. The third-order valence-electron chi connectivity index (χ3n) is 5.10. The molecule has 2 aromatic carbocycles. The first-order valence-electron chi connectivity index (χ1n) is 8.58. The van der Waals surface area contributed by atoms with Crippen LogP contribution >= 0.6 is 11.8 Å². The van der Waals surface area contributed by atoms with E-state index in [4.69, 9.17) is 0 Å². The number of hydrogen-bond donors (Lipinski definition) is 0. The summed E-state index contributed by atoms with van der Waals surface area (Å²) in [5.41, 5.74) is 2.76. The van der Waals surface area contributed by atoms with Crippen molar-refractivity contribution in [2.45, 2.75) is 22.6 Å². The molecule has 2 heterocycles. The molecule has 0 bridgehead atoms. The fourth-order valence-corrected chi connectivity index (χ4v) is 5.17. The second-order valence-electron chi connectivity index (χ2n) is 7.50. The van der Waals surface area contributed by atoms with Crippen LogP contribution in [-0.4, -0.2) is 38.2 Å². The quantitative estimate of drug-likeness (QED) is 0.731. The normalized spacial score (nSPS) is 22.3. The molecule has 0 radical (unpaired) electrons. The van der Waals surface area contributed by atoms with Crippen molar-refractivity contribution in [1.82, 2.24) is 0 Å². The van der Waals surface area contributed by atoms with Gasteiger partial charge in [0.1, 0.15) is 0 Å². The average Bonchev–Trinajstić information content (AvgIpc) is 2.54. The van der Waals surface area contributed by atoms with E-state index in [1.807, 2.05) is 11.8 Å². The minimum absolute atomic E-state index is 0.767. The molecule has 2 nitrogen and oxygen atoms in total. The van der Waals surface area contributed by atoms with Crippen molar-refractivity contribution in [2.24, 2.45) is 5.92 Å². The summed E-state index contributed by atoms with van der Waals surface area (Å²) < 4.78 is 1.16. The molecule has 120 valence electrons. The van der Waals surface area contributed by atoms with Gasteiger partial charge in [-0.25, -0.2) is 0 Å². The molecule has 1 atom stereocenters. The van der Waals surface area contributed by atoms with Crippen molar-refractivity contribution in [3.05, 3.63) is 48.5 Å². The molecule has 4 rings (SSSR count). The first-order valence-corrected chi connectivity index (χ1v) is 9.39. The molecule has 1 fully saturated rings. The fourth-order valence-electron chi connectivity index (χ4n) is 4.07. The molecule has 1 unspecified atom stereocenters. The zero-order valence-corrected chi connectivity index (χ0v) is 14.9. The second kappa shape index (κ2) is 5.88. The van der Waals surface area contributed by atoms with Crippen LogP contribution in [0.25, 0.3) is 0 Å². The highest BCUT2D eigenvalue weighted by molar-refractivity contribution is 7.99. The summed E-state index contributed by atoms with van der Waals surface area (Å²) in [6.45, 7) is 3.74. The zero-order chi connectivity index (χ0) is 15.9. The van der Waals surface area contributed by atoms with E-state index in [-0.39, 0.29) is 0 Å². The van der Waals surface area contributed by atoms with Gasteiger partial charge in [0, 0.05) is 22.3 Å². The number of benzene rings is 2. The predicted octanol–water partition coefficient (Wildman–Crippen LogP) is 4.78. The number of rotatable bonds is 2. The molecule has 2 aliphatic rings. The van der Waals surface area contributed by atoms with E-state index < -0.39 is 0 Å². The van der Waals surface area contributed by atoms with Gasteiger partial charge < -0.3 is 9.38 Å². The Hall–Kier alpha value is -1.45. The van der Waals surface area contributed by atoms with Gasteiger partial charge in [-0.2, -0.15) is 0 Å². The first-order chi connectivity index (χ1) is 11.1. The number of likely N-dealkylation sites (tertiary alicyclic amines) is 1. The maximum absolute atomic E-state index is 2.57. The van der Waals surface area contributed by atoms with E-state index in [1.54, 1.807) is 0 Å². The third-order valence-corrected chi connectivity index (χ3v) is 6.23. The highest BCUT2D eigenvalue weighted by Gasteiger charge is 2.31. The molecule has 3 heteroatoms. The van der Waals surface area contributed by atoms with E-state index in [0.29, 0.717) is 0 Å². The van der Waals surface area contributed by atoms with Gasteiger partial charge in [0.05, 0.1) is 38.6 Å². The molecule has 0 N–H and O–H groups in total. The summed E-state index contributed by atoms with van der Waals surface area (Å²) in [5.74, 6) is 0.767. The lowest BCUT2D eigenvalue weighted by molar-refractivity contribution is -0.898. The lowest BCUT2D eigenvalue weighted by Crippen LogP contribution is -2.49. The Bertz CT molecular complexity index is 665. The topological polar surface area (TPSA) is 3.24 Å². The summed E-state index contributed by atoms with van der Waals surface area (Å²) in [5, 5.41) is 0. The highest BCUT2D eigenvalue weighted by atomic mass is 32.2. The highest BCUT2D eigenvalue weighted by Crippen LogP contribution is 2.48. The lowest BCUT2D eigenvalue weighted by atomic mass is 9.95.